The van der Waals surface area contributed by atoms with E-state index < -0.39 is 0 Å². The van der Waals surface area contributed by atoms with Crippen molar-refractivity contribution >= 4 is 11.8 Å². The van der Waals surface area contributed by atoms with E-state index in [4.69, 9.17) is 0 Å². The van der Waals surface area contributed by atoms with Gasteiger partial charge in [-0.3, -0.25) is 0 Å². The number of hydrogen-bond donors (Lipinski definition) is 0. The third kappa shape index (κ3) is 3.97. The third-order valence-electron chi connectivity index (χ3n) is 4.99. The first-order valence-corrected chi connectivity index (χ1v) is 8.69. The lowest BCUT2D eigenvalue weighted by Gasteiger charge is -2.40. The molecular weight excluding hydrogens is 278 g/mol. The van der Waals surface area contributed by atoms with Crippen LogP contribution in [0.15, 0.2) is 17.6 Å². The van der Waals surface area contributed by atoms with Crippen LogP contribution in [-0.4, -0.2) is 15.2 Å². The maximum absolute atomic E-state index is 9.43. The molecule has 1 aliphatic rings. The van der Waals surface area contributed by atoms with Crippen LogP contribution in [0.3, 0.4) is 0 Å². The van der Waals surface area contributed by atoms with Crippen LogP contribution in [0.1, 0.15) is 52.0 Å². The molecule has 0 spiro atoms. The van der Waals surface area contributed by atoms with Crippen molar-refractivity contribution in [2.24, 2.45) is 17.3 Å². The Bertz CT molecular complexity index is 504. The predicted octanol–water partition coefficient (Wildman–Crippen LogP) is 4.62. The number of nitriles is 1. The number of aromatic nitrogens is 2. The van der Waals surface area contributed by atoms with E-state index in [-0.39, 0.29) is 5.92 Å². The lowest BCUT2D eigenvalue weighted by atomic mass is 9.67. The molecule has 1 aromatic heterocycles. The zero-order chi connectivity index (χ0) is 15.5. The van der Waals surface area contributed by atoms with Gasteiger partial charge in [0.1, 0.15) is 0 Å². The van der Waals surface area contributed by atoms with Gasteiger partial charge in [0.25, 0.3) is 0 Å². The summed E-state index contributed by atoms with van der Waals surface area (Å²) < 4.78 is 0. The minimum Gasteiger partial charge on any atom is -0.231 e. The van der Waals surface area contributed by atoms with Gasteiger partial charge in [-0.05, 0) is 43.1 Å². The maximum atomic E-state index is 9.43. The van der Waals surface area contributed by atoms with Crippen LogP contribution in [0.25, 0.3) is 0 Å². The summed E-state index contributed by atoms with van der Waals surface area (Å²) in [6.45, 7) is 8.97. The summed E-state index contributed by atoms with van der Waals surface area (Å²) in [5.41, 5.74) is 1.43. The maximum Gasteiger partial charge on any atom is 0.187 e. The zero-order valence-electron chi connectivity index (χ0n) is 13.5. The normalized spacial score (nSPS) is 26.3. The van der Waals surface area contributed by atoms with Crippen molar-refractivity contribution in [1.29, 1.82) is 5.26 Å². The molecule has 1 aromatic rings. The molecule has 0 N–H and O–H groups in total. The van der Waals surface area contributed by atoms with Gasteiger partial charge in [-0.25, -0.2) is 9.97 Å². The molecule has 3 nitrogen and oxygen atoms in total. The Kier molecular flexibility index (Phi) is 5.27. The van der Waals surface area contributed by atoms with Crippen molar-refractivity contribution in [3.05, 3.63) is 18.0 Å². The predicted molar refractivity (Wildman–Crippen MR) is 86.9 cm³/mol. The Labute approximate surface area is 132 Å². The van der Waals surface area contributed by atoms with Crippen molar-refractivity contribution in [3.8, 4) is 6.07 Å². The van der Waals surface area contributed by atoms with Crippen molar-refractivity contribution in [2.75, 3.05) is 0 Å². The smallest absolute Gasteiger partial charge is 0.187 e. The van der Waals surface area contributed by atoms with Crippen molar-refractivity contribution < 1.29 is 0 Å². The van der Waals surface area contributed by atoms with Crippen LogP contribution in [0.4, 0.5) is 0 Å². The minimum absolute atomic E-state index is 0.129. The van der Waals surface area contributed by atoms with Crippen LogP contribution >= 0.6 is 11.8 Å². The van der Waals surface area contributed by atoms with Gasteiger partial charge in [0, 0.05) is 17.6 Å². The third-order valence-corrected chi connectivity index (χ3v) is 6.23. The SMILES string of the molecule is CCC(C)(C)C1CCC(C#N)C(Sc2ncc(C)cn2)C1. The average Bonchev–Trinajstić information content (AvgIpc) is 2.49. The van der Waals surface area contributed by atoms with Crippen molar-refractivity contribution in [2.45, 2.75) is 63.8 Å². The molecule has 0 amide bonds. The van der Waals surface area contributed by atoms with Crippen LogP contribution in [-0.2, 0) is 0 Å². The van der Waals surface area contributed by atoms with Crippen molar-refractivity contribution in [1.82, 2.24) is 9.97 Å². The topological polar surface area (TPSA) is 49.6 Å². The number of nitrogens with zero attached hydrogens (tertiary/aromatic N) is 3. The Morgan fingerprint density at radius 3 is 2.57 bits per heavy atom. The fourth-order valence-corrected chi connectivity index (χ4v) is 4.17. The Morgan fingerprint density at radius 1 is 1.33 bits per heavy atom. The van der Waals surface area contributed by atoms with Gasteiger partial charge >= 0.3 is 0 Å². The van der Waals surface area contributed by atoms with Gasteiger partial charge in [0.2, 0.25) is 0 Å². The summed E-state index contributed by atoms with van der Waals surface area (Å²) in [5, 5.41) is 10.6. The first-order valence-electron chi connectivity index (χ1n) is 7.81. The van der Waals surface area contributed by atoms with E-state index in [1.54, 1.807) is 11.8 Å². The first kappa shape index (κ1) is 16.3. The van der Waals surface area contributed by atoms with E-state index in [1.165, 1.54) is 12.8 Å². The quantitative estimate of drug-likeness (QED) is 0.761. The Morgan fingerprint density at radius 2 is 2.00 bits per heavy atom. The van der Waals surface area contributed by atoms with Crippen LogP contribution in [0, 0.1) is 35.5 Å². The highest BCUT2D eigenvalue weighted by molar-refractivity contribution is 7.99. The van der Waals surface area contributed by atoms with E-state index in [1.807, 2.05) is 19.3 Å². The highest BCUT2D eigenvalue weighted by Gasteiger charge is 2.38. The molecule has 0 aliphatic heterocycles. The largest absolute Gasteiger partial charge is 0.231 e. The molecule has 0 aromatic carbocycles. The van der Waals surface area contributed by atoms with E-state index >= 15 is 0 Å². The molecule has 1 saturated carbocycles. The number of hydrogen-bond acceptors (Lipinski definition) is 4. The second kappa shape index (κ2) is 6.79. The molecule has 0 bridgehead atoms. The van der Waals surface area contributed by atoms with Gasteiger partial charge in [-0.15, -0.1) is 0 Å². The number of aryl methyl sites for hydroxylation is 1. The van der Waals surface area contributed by atoms with E-state index in [0.717, 1.165) is 23.6 Å². The summed E-state index contributed by atoms with van der Waals surface area (Å²) in [5.74, 6) is 0.818. The molecule has 1 heterocycles. The lowest BCUT2D eigenvalue weighted by molar-refractivity contribution is 0.144. The lowest BCUT2D eigenvalue weighted by Crippen LogP contribution is -2.34. The molecule has 0 saturated heterocycles. The highest BCUT2D eigenvalue weighted by atomic mass is 32.2. The highest BCUT2D eigenvalue weighted by Crippen LogP contribution is 2.46. The molecular formula is C17H25N3S. The monoisotopic (exact) mass is 303 g/mol. The molecule has 1 aliphatic carbocycles. The number of thioether (sulfide) groups is 1. The zero-order valence-corrected chi connectivity index (χ0v) is 14.3. The van der Waals surface area contributed by atoms with Crippen LogP contribution in [0.5, 0.6) is 0 Å². The fraction of sp³-hybridized carbons (Fsp3) is 0.706. The minimum atomic E-state index is 0.129. The summed E-state index contributed by atoms with van der Waals surface area (Å²) in [4.78, 5) is 8.78. The molecule has 4 heteroatoms. The Balaban J connectivity index is 2.10. The molecule has 1 fully saturated rings. The van der Waals surface area contributed by atoms with E-state index in [9.17, 15) is 5.26 Å². The molecule has 0 radical (unpaired) electrons. The van der Waals surface area contributed by atoms with Crippen LogP contribution < -0.4 is 0 Å². The van der Waals surface area contributed by atoms with E-state index in [2.05, 4.69) is 36.8 Å². The summed E-state index contributed by atoms with van der Waals surface area (Å²) in [7, 11) is 0. The molecule has 3 atom stereocenters. The van der Waals surface area contributed by atoms with Gasteiger partial charge in [-0.2, -0.15) is 5.26 Å². The summed E-state index contributed by atoms with van der Waals surface area (Å²) >= 11 is 1.69. The van der Waals surface area contributed by atoms with Gasteiger partial charge < -0.3 is 0 Å². The molecule has 3 unspecified atom stereocenters. The summed E-state index contributed by atoms with van der Waals surface area (Å²) in [6, 6.07) is 2.50. The Hall–Kier alpha value is -1.08. The van der Waals surface area contributed by atoms with E-state index in [0.29, 0.717) is 16.6 Å². The fourth-order valence-electron chi connectivity index (χ4n) is 2.98. The number of rotatable bonds is 4. The molecule has 21 heavy (non-hydrogen) atoms. The summed E-state index contributed by atoms with van der Waals surface area (Å²) in [6.07, 6.45) is 8.17. The second-order valence-electron chi connectivity index (χ2n) is 6.79. The van der Waals surface area contributed by atoms with Gasteiger partial charge in [0.15, 0.2) is 5.16 Å². The van der Waals surface area contributed by atoms with Gasteiger partial charge in [-0.1, -0.05) is 39.0 Å². The standard InChI is InChI=1S/C17H25N3S/c1-5-17(3,4)14-7-6-13(9-18)15(8-14)21-16-19-10-12(2)11-20-16/h10-11,13-15H,5-8H2,1-4H3. The van der Waals surface area contributed by atoms with Gasteiger partial charge in [0.05, 0.1) is 12.0 Å². The average molecular weight is 303 g/mol. The molecule has 2 rings (SSSR count). The first-order chi connectivity index (χ1) is 9.96. The second-order valence-corrected chi connectivity index (χ2v) is 7.99. The van der Waals surface area contributed by atoms with Crippen LogP contribution in [0.2, 0.25) is 0 Å². The van der Waals surface area contributed by atoms with Crippen molar-refractivity contribution in [3.63, 3.8) is 0 Å². The molecule has 114 valence electrons.